The van der Waals surface area contributed by atoms with E-state index in [-0.39, 0.29) is 11.9 Å². The fraction of sp³-hybridized carbons (Fsp3) is 0.700. The van der Waals surface area contributed by atoms with Crippen molar-refractivity contribution in [3.05, 3.63) is 5.28 Å². The highest BCUT2D eigenvalue weighted by molar-refractivity contribution is 7.99. The second kappa shape index (κ2) is 6.37. The fourth-order valence-corrected chi connectivity index (χ4v) is 2.54. The molecule has 1 aromatic heterocycles. The van der Waals surface area contributed by atoms with Crippen molar-refractivity contribution >= 4 is 29.3 Å². The van der Waals surface area contributed by atoms with E-state index < -0.39 is 0 Å². The van der Waals surface area contributed by atoms with Gasteiger partial charge in [-0.25, -0.2) is 0 Å². The number of hydrogen-bond acceptors (Lipinski definition) is 6. The lowest BCUT2D eigenvalue weighted by Gasteiger charge is -2.26. The highest BCUT2D eigenvalue weighted by atomic mass is 35.5. The molecular weight excluding hydrogens is 260 g/mol. The molecule has 1 N–H and O–H groups in total. The average molecular weight is 275 g/mol. The summed E-state index contributed by atoms with van der Waals surface area (Å²) >= 11 is 7.27. The van der Waals surface area contributed by atoms with E-state index in [4.69, 9.17) is 16.7 Å². The lowest BCUT2D eigenvalue weighted by atomic mass is 10.1. The number of anilines is 1. The minimum Gasteiger partial charge on any atom is -0.396 e. The number of nitrogens with zero attached hydrogens (tertiary/aromatic N) is 4. The molecule has 0 amide bonds. The average Bonchev–Trinajstić information content (AvgIpc) is 2.37. The molecule has 1 aliphatic heterocycles. The monoisotopic (exact) mass is 274 g/mol. The molecule has 1 aromatic rings. The van der Waals surface area contributed by atoms with Gasteiger partial charge in [-0.3, -0.25) is 0 Å². The number of halogens is 1. The number of aliphatic hydroxyl groups excluding tert-OH is 1. The number of aliphatic hydroxyl groups is 1. The number of thioether (sulfide) groups is 1. The molecule has 2 rings (SSSR count). The van der Waals surface area contributed by atoms with Crippen LogP contribution in [0.25, 0.3) is 0 Å². The third kappa shape index (κ3) is 3.69. The molecule has 1 aliphatic rings. The third-order valence-corrected chi connectivity index (χ3v) is 3.53. The van der Waals surface area contributed by atoms with Crippen LogP contribution in [-0.4, -0.2) is 45.5 Å². The van der Waals surface area contributed by atoms with E-state index in [0.717, 1.165) is 13.1 Å². The molecule has 94 valence electrons. The maximum atomic E-state index is 8.78. The van der Waals surface area contributed by atoms with Crippen molar-refractivity contribution in [3.63, 3.8) is 0 Å². The molecule has 0 unspecified atom stereocenters. The van der Waals surface area contributed by atoms with Crippen LogP contribution < -0.4 is 4.90 Å². The van der Waals surface area contributed by atoms with E-state index >= 15 is 0 Å². The molecule has 0 atom stereocenters. The van der Waals surface area contributed by atoms with E-state index in [1.54, 1.807) is 0 Å². The van der Waals surface area contributed by atoms with Crippen LogP contribution in [0.1, 0.15) is 19.3 Å². The van der Waals surface area contributed by atoms with Gasteiger partial charge in [0.05, 0.1) is 6.61 Å². The molecule has 0 saturated carbocycles. The van der Waals surface area contributed by atoms with Crippen LogP contribution in [0.15, 0.2) is 5.16 Å². The molecule has 5 nitrogen and oxygen atoms in total. The van der Waals surface area contributed by atoms with Crippen LogP contribution in [0.3, 0.4) is 0 Å². The van der Waals surface area contributed by atoms with Gasteiger partial charge in [-0.15, -0.1) is 0 Å². The molecular formula is C10H15ClN4OS. The lowest BCUT2D eigenvalue weighted by Crippen LogP contribution is -2.31. The predicted octanol–water partition coefficient (Wildman–Crippen LogP) is 1.60. The van der Waals surface area contributed by atoms with Gasteiger partial charge in [0.1, 0.15) is 0 Å². The highest BCUT2D eigenvalue weighted by Gasteiger charge is 2.15. The van der Waals surface area contributed by atoms with Crippen molar-refractivity contribution in [1.29, 1.82) is 0 Å². The standard InChI is InChI=1S/C10H15ClN4OS/c11-8-12-9(15-4-2-1-3-5-15)14-10(13-8)17-7-6-16/h16H,1-7H2. The number of hydrogen-bond donors (Lipinski definition) is 1. The van der Waals surface area contributed by atoms with Crippen molar-refractivity contribution in [3.8, 4) is 0 Å². The molecule has 17 heavy (non-hydrogen) atoms. The first-order valence-corrected chi connectivity index (χ1v) is 7.06. The molecule has 7 heteroatoms. The van der Waals surface area contributed by atoms with Crippen molar-refractivity contribution in [2.24, 2.45) is 0 Å². The minimum absolute atomic E-state index is 0.104. The van der Waals surface area contributed by atoms with Gasteiger partial charge in [0.2, 0.25) is 11.2 Å². The lowest BCUT2D eigenvalue weighted by molar-refractivity contribution is 0.322. The summed E-state index contributed by atoms with van der Waals surface area (Å²) in [5.41, 5.74) is 0. The minimum atomic E-state index is 0.104. The first kappa shape index (κ1) is 12.9. The van der Waals surface area contributed by atoms with Gasteiger partial charge in [-0.1, -0.05) is 11.8 Å². The first-order valence-electron chi connectivity index (χ1n) is 5.70. The Balaban J connectivity index is 2.12. The zero-order valence-electron chi connectivity index (χ0n) is 9.47. The van der Waals surface area contributed by atoms with Gasteiger partial charge >= 0.3 is 0 Å². The van der Waals surface area contributed by atoms with Gasteiger partial charge in [0.15, 0.2) is 5.16 Å². The quantitative estimate of drug-likeness (QED) is 0.842. The van der Waals surface area contributed by atoms with Crippen LogP contribution in [0.4, 0.5) is 5.95 Å². The van der Waals surface area contributed by atoms with Crippen molar-refractivity contribution < 1.29 is 5.11 Å². The predicted molar refractivity (Wildman–Crippen MR) is 68.7 cm³/mol. The Kier molecular flexibility index (Phi) is 4.82. The highest BCUT2D eigenvalue weighted by Crippen LogP contribution is 2.20. The molecule has 0 bridgehead atoms. The fourth-order valence-electron chi connectivity index (χ4n) is 1.76. The summed E-state index contributed by atoms with van der Waals surface area (Å²) < 4.78 is 0. The Morgan fingerprint density at radius 3 is 2.65 bits per heavy atom. The second-order valence-electron chi connectivity index (χ2n) is 3.81. The van der Waals surface area contributed by atoms with Gasteiger partial charge < -0.3 is 10.0 Å². The van der Waals surface area contributed by atoms with Gasteiger partial charge in [-0.2, -0.15) is 15.0 Å². The zero-order valence-corrected chi connectivity index (χ0v) is 11.0. The molecule has 1 fully saturated rings. The Hall–Kier alpha value is -0.590. The van der Waals surface area contributed by atoms with Crippen LogP contribution in [0.5, 0.6) is 0 Å². The van der Waals surface area contributed by atoms with Crippen LogP contribution in [0.2, 0.25) is 5.28 Å². The Bertz CT molecular complexity index is 373. The second-order valence-corrected chi connectivity index (χ2v) is 5.21. The van der Waals surface area contributed by atoms with Gasteiger partial charge in [-0.05, 0) is 30.9 Å². The Morgan fingerprint density at radius 1 is 1.18 bits per heavy atom. The molecule has 0 spiro atoms. The molecule has 1 saturated heterocycles. The molecule has 0 aliphatic carbocycles. The van der Waals surface area contributed by atoms with Crippen molar-refractivity contribution in [2.45, 2.75) is 24.4 Å². The normalized spacial score (nSPS) is 16.2. The van der Waals surface area contributed by atoms with Gasteiger partial charge in [0, 0.05) is 18.8 Å². The first-order chi connectivity index (χ1) is 8.29. The SMILES string of the molecule is OCCSc1nc(Cl)nc(N2CCCCC2)n1. The summed E-state index contributed by atoms with van der Waals surface area (Å²) in [6, 6.07) is 0. The maximum Gasteiger partial charge on any atom is 0.230 e. The Labute approximate surface area is 110 Å². The number of aromatic nitrogens is 3. The van der Waals surface area contributed by atoms with E-state index in [1.165, 1.54) is 31.0 Å². The third-order valence-electron chi connectivity index (χ3n) is 2.54. The van der Waals surface area contributed by atoms with E-state index in [1.807, 2.05) is 0 Å². The summed E-state index contributed by atoms with van der Waals surface area (Å²) in [5, 5.41) is 9.59. The summed E-state index contributed by atoms with van der Waals surface area (Å²) in [6.07, 6.45) is 3.60. The summed E-state index contributed by atoms with van der Waals surface area (Å²) in [7, 11) is 0. The number of piperidine rings is 1. The topological polar surface area (TPSA) is 62.1 Å². The van der Waals surface area contributed by atoms with Gasteiger partial charge in [0.25, 0.3) is 0 Å². The van der Waals surface area contributed by atoms with Crippen LogP contribution in [0, 0.1) is 0 Å². The summed E-state index contributed by atoms with van der Waals surface area (Å²) in [6.45, 7) is 2.06. The summed E-state index contributed by atoms with van der Waals surface area (Å²) in [5.74, 6) is 1.23. The van der Waals surface area contributed by atoms with Crippen molar-refractivity contribution in [1.82, 2.24) is 15.0 Å². The maximum absolute atomic E-state index is 8.78. The van der Waals surface area contributed by atoms with E-state index in [0.29, 0.717) is 16.9 Å². The Morgan fingerprint density at radius 2 is 1.94 bits per heavy atom. The van der Waals surface area contributed by atoms with E-state index in [9.17, 15) is 0 Å². The molecule has 0 aromatic carbocycles. The number of rotatable bonds is 4. The van der Waals surface area contributed by atoms with Crippen LogP contribution in [-0.2, 0) is 0 Å². The molecule has 0 radical (unpaired) electrons. The zero-order chi connectivity index (χ0) is 12.1. The van der Waals surface area contributed by atoms with Crippen molar-refractivity contribution in [2.75, 3.05) is 30.3 Å². The smallest absolute Gasteiger partial charge is 0.230 e. The summed E-state index contributed by atoms with van der Waals surface area (Å²) in [4.78, 5) is 14.7. The largest absolute Gasteiger partial charge is 0.396 e. The molecule has 2 heterocycles. The van der Waals surface area contributed by atoms with E-state index in [2.05, 4.69) is 19.9 Å². The van der Waals surface area contributed by atoms with Crippen LogP contribution >= 0.6 is 23.4 Å².